The Morgan fingerprint density at radius 2 is 1.04 bits per heavy atom. The molecular weight excluding hydrogens is 743 g/mol. The molecule has 0 aliphatic heterocycles. The second-order valence-electron chi connectivity index (χ2n) is 16.5. The van der Waals surface area contributed by atoms with Crippen LogP contribution in [0.2, 0.25) is 9.26 Å². The van der Waals surface area contributed by atoms with Gasteiger partial charge in [-0.25, -0.2) is 0 Å². The molecule has 0 amide bonds. The monoisotopic (exact) mass is 800 g/mol. The first kappa shape index (κ1) is 40.8. The molecule has 0 nitrogen and oxygen atoms in total. The van der Waals surface area contributed by atoms with Gasteiger partial charge in [0.1, 0.15) is 0 Å². The van der Waals surface area contributed by atoms with E-state index in [0.29, 0.717) is 25.0 Å². The van der Waals surface area contributed by atoms with Crippen LogP contribution in [0.3, 0.4) is 0 Å². The maximum Gasteiger partial charge on any atom is -0.147 e. The molecule has 50 heavy (non-hydrogen) atoms. The first-order valence-electron chi connectivity index (χ1n) is 18.8. The summed E-state index contributed by atoms with van der Waals surface area (Å²) in [4.78, 5) is 0. The average molecular weight is 803 g/mol. The maximum atomic E-state index is 2.80. The van der Waals surface area contributed by atoms with E-state index in [1.54, 1.807) is 22.3 Å². The summed E-state index contributed by atoms with van der Waals surface area (Å²) in [5.41, 5.74) is 17.8. The molecule has 6 rings (SSSR count). The van der Waals surface area contributed by atoms with Crippen LogP contribution >= 0.6 is 24.8 Å². The van der Waals surface area contributed by atoms with Crippen molar-refractivity contribution >= 4 is 43.8 Å². The molecule has 266 valence electrons. The standard InChI is InChI=1S/C24H29.C20H21.2CH3.2ClH.H2Si.Zr/c1-5-8-18(4)22-15-21-9-7-10-23(24(21)16-22)20-13-11-19(12-14-20)17(3)6-2;1-4-15(3)16-8-10-17(11-9-16)19-7-5-6-18-12-14(2)13-20(18)19;;;;;;/h7,9-18H,5-6,8H2,1-4H3;5-13,15H,4H2,1-3H3;2*1H3;2*1H;1H2;. The Kier molecular flexibility index (Phi) is 13.0. The van der Waals surface area contributed by atoms with Crippen LogP contribution in [0.1, 0.15) is 127 Å². The number of hydrogen-bond donors (Lipinski definition) is 0. The molecule has 0 heterocycles. The molecule has 5 unspecified atom stereocenters. The average Bonchev–Trinajstić information content (AvgIpc) is 3.67. The van der Waals surface area contributed by atoms with Crippen LogP contribution in [-0.2, 0) is 17.4 Å². The van der Waals surface area contributed by atoms with Gasteiger partial charge in [0, 0.05) is 0 Å². The fourth-order valence-electron chi connectivity index (χ4n) is 9.44. The summed E-state index contributed by atoms with van der Waals surface area (Å²) in [7, 11) is 0. The molecule has 0 bridgehead atoms. The van der Waals surface area contributed by atoms with Crippen LogP contribution in [0.25, 0.3) is 34.4 Å². The zero-order chi connectivity index (χ0) is 34.4. The number of benzene rings is 4. The smallest absolute Gasteiger partial charge is 0.147 e. The summed E-state index contributed by atoms with van der Waals surface area (Å²) in [5.74, 6) is 1.77. The predicted molar refractivity (Wildman–Crippen MR) is 227 cm³/mol. The normalized spacial score (nSPS) is 18.5. The molecule has 2 aliphatic carbocycles. The SMILES string of the molecule is CCCC(C)C1=Cc2c(-c3ccc(C(C)CC)cc3)cccc2[CH]1[Zr]([CH3])([CH3])(=[SiH2])[CH]1C(C)=Cc2c(-c3ccc(C(C)CC)cc3)cccc21.Cl.Cl. The molecule has 0 saturated carbocycles. The van der Waals surface area contributed by atoms with E-state index in [4.69, 9.17) is 0 Å². The Morgan fingerprint density at radius 1 is 0.600 bits per heavy atom. The number of fused-ring (bicyclic) bond motifs is 2. The summed E-state index contributed by atoms with van der Waals surface area (Å²) in [6, 6.07) is 33.3. The summed E-state index contributed by atoms with van der Waals surface area (Å²) in [6.45, 7) is 19.0. The van der Waals surface area contributed by atoms with Gasteiger partial charge in [-0.1, -0.05) is 0 Å². The van der Waals surface area contributed by atoms with E-state index in [1.165, 1.54) is 70.2 Å². The fraction of sp³-hybridized carbons (Fsp3) is 0.391. The summed E-state index contributed by atoms with van der Waals surface area (Å²) in [5, 5.41) is 0. The van der Waals surface area contributed by atoms with Crippen molar-refractivity contribution in [3.05, 3.63) is 129 Å². The van der Waals surface area contributed by atoms with Gasteiger partial charge in [-0.15, -0.1) is 24.8 Å². The van der Waals surface area contributed by atoms with Gasteiger partial charge in [-0.3, -0.25) is 0 Å². The Bertz CT molecular complexity index is 1940. The minimum atomic E-state index is -3.70. The van der Waals surface area contributed by atoms with Gasteiger partial charge in [-0.05, 0) is 0 Å². The second kappa shape index (κ2) is 16.0. The Morgan fingerprint density at radius 3 is 1.48 bits per heavy atom. The van der Waals surface area contributed by atoms with Gasteiger partial charge in [0.05, 0.1) is 0 Å². The van der Waals surface area contributed by atoms with E-state index in [1.807, 2.05) is 0 Å². The van der Waals surface area contributed by atoms with Crippen LogP contribution in [0.5, 0.6) is 0 Å². The fourth-order valence-corrected chi connectivity index (χ4v) is 29.9. The van der Waals surface area contributed by atoms with Gasteiger partial charge in [0.15, 0.2) is 0 Å². The van der Waals surface area contributed by atoms with E-state index in [0.717, 1.165) is 0 Å². The molecule has 2 aliphatic rings. The Hall–Kier alpha value is -1.96. The molecule has 0 fully saturated rings. The van der Waals surface area contributed by atoms with Gasteiger partial charge >= 0.3 is 297 Å². The second-order valence-corrected chi connectivity index (χ2v) is 47.0. The van der Waals surface area contributed by atoms with Crippen molar-refractivity contribution in [3.8, 4) is 22.3 Å². The zero-order valence-corrected chi connectivity index (χ0v) is 37.5. The third-order valence-electron chi connectivity index (χ3n) is 12.4. The first-order chi connectivity index (χ1) is 22.9. The van der Waals surface area contributed by atoms with Crippen LogP contribution in [0, 0.1) is 5.92 Å². The molecule has 0 radical (unpaired) electrons. The number of halogens is 2. The van der Waals surface area contributed by atoms with E-state index in [-0.39, 0.29) is 24.8 Å². The predicted octanol–water partition coefficient (Wildman–Crippen LogP) is 14.3. The van der Waals surface area contributed by atoms with E-state index in [9.17, 15) is 0 Å². The van der Waals surface area contributed by atoms with Crippen molar-refractivity contribution in [2.45, 2.75) is 103 Å². The van der Waals surface area contributed by atoms with Gasteiger partial charge in [-0.2, -0.15) is 0 Å². The van der Waals surface area contributed by atoms with Crippen molar-refractivity contribution in [1.29, 1.82) is 0 Å². The Labute approximate surface area is 319 Å². The molecule has 0 spiro atoms. The first-order valence-corrected chi connectivity index (χ1v) is 32.5. The van der Waals surface area contributed by atoms with Gasteiger partial charge in [0.25, 0.3) is 0 Å². The van der Waals surface area contributed by atoms with Crippen molar-refractivity contribution < 1.29 is 17.4 Å². The topological polar surface area (TPSA) is 0 Å². The number of hydrogen-bond acceptors (Lipinski definition) is 0. The maximum absolute atomic E-state index is 3.70. The molecular formula is C46H60Cl2SiZr. The van der Waals surface area contributed by atoms with Crippen LogP contribution in [0.4, 0.5) is 0 Å². The minimum absolute atomic E-state index is 0. The molecule has 4 aromatic rings. The molecule has 5 atom stereocenters. The van der Waals surface area contributed by atoms with E-state index < -0.39 is 17.4 Å². The van der Waals surface area contributed by atoms with Crippen molar-refractivity contribution in [1.82, 2.24) is 0 Å². The number of allylic oxidation sites excluding steroid dienone is 2. The zero-order valence-electron chi connectivity index (χ0n) is 32.0. The molecule has 0 saturated heterocycles. The Balaban J connectivity index is 0.00000281. The van der Waals surface area contributed by atoms with Gasteiger partial charge in [0.2, 0.25) is 0 Å². The van der Waals surface area contributed by atoms with Crippen molar-refractivity contribution in [2.24, 2.45) is 5.92 Å². The summed E-state index contributed by atoms with van der Waals surface area (Å²) < 4.78 is 6.64. The van der Waals surface area contributed by atoms with Crippen LogP contribution < -0.4 is 0 Å². The van der Waals surface area contributed by atoms with E-state index >= 15 is 0 Å². The summed E-state index contributed by atoms with van der Waals surface area (Å²) in [6.07, 6.45) is 10.0. The van der Waals surface area contributed by atoms with Crippen molar-refractivity contribution in [2.75, 3.05) is 0 Å². The van der Waals surface area contributed by atoms with E-state index in [2.05, 4.69) is 162 Å². The number of rotatable bonds is 11. The third kappa shape index (κ3) is 7.31. The quantitative estimate of drug-likeness (QED) is 0.133. The molecule has 4 aromatic carbocycles. The largest absolute Gasteiger partial charge is 0.147 e. The third-order valence-corrected chi connectivity index (χ3v) is 30.0. The van der Waals surface area contributed by atoms with Crippen molar-refractivity contribution in [3.63, 3.8) is 0 Å². The minimum Gasteiger partial charge on any atom is -0.147 e. The molecule has 0 N–H and O–H groups in total. The van der Waals surface area contributed by atoms with Crippen LogP contribution in [0.15, 0.2) is 96.1 Å². The van der Waals surface area contributed by atoms with Crippen LogP contribution in [-0.4, -0.2) is 6.88 Å². The molecule has 4 heteroatoms. The van der Waals surface area contributed by atoms with Gasteiger partial charge < -0.3 is 0 Å². The summed E-state index contributed by atoms with van der Waals surface area (Å²) >= 11 is -3.70. The molecule has 0 aromatic heterocycles.